The molecule has 0 spiro atoms. The van der Waals surface area contributed by atoms with Crippen LogP contribution in [0.1, 0.15) is 62.2 Å². The van der Waals surface area contributed by atoms with E-state index in [1.54, 1.807) is 0 Å². The first-order chi connectivity index (χ1) is 10.6. The molecule has 0 aromatic heterocycles. The number of phenolic OH excluding ortho intramolecular Hbond substituents is 1. The fourth-order valence-corrected chi connectivity index (χ4v) is 2.15. The number of imide groups is 1. The minimum atomic E-state index is -0.478. The molecule has 23 heavy (non-hydrogen) atoms. The molecule has 0 heterocycles. The average Bonchev–Trinajstić information content (AvgIpc) is 2.51. The van der Waals surface area contributed by atoms with E-state index in [2.05, 4.69) is 12.2 Å². The number of hydrogen-bond donors (Lipinski definition) is 2. The van der Waals surface area contributed by atoms with Gasteiger partial charge in [-0.25, -0.2) is 0 Å². The molecule has 0 radical (unpaired) electrons. The number of methoxy groups -OCH3 is 1. The molecular weight excluding hydrogens is 321 g/mol. The van der Waals surface area contributed by atoms with Crippen LogP contribution in [0.15, 0.2) is 18.2 Å². The van der Waals surface area contributed by atoms with Crippen LogP contribution in [0.2, 0.25) is 0 Å². The summed E-state index contributed by atoms with van der Waals surface area (Å²) in [6, 6.07) is 4.22. The van der Waals surface area contributed by atoms with E-state index in [1.165, 1.54) is 44.6 Å². The Hall–Kier alpha value is -0.404. The Morgan fingerprint density at radius 2 is 1.78 bits per heavy atom. The number of nitrogens with one attached hydrogen (secondary N) is 1. The van der Waals surface area contributed by atoms with Gasteiger partial charge in [0.25, 0.3) is 5.91 Å². The summed E-state index contributed by atoms with van der Waals surface area (Å²) in [5, 5.41) is 11.8. The molecule has 0 saturated carbocycles. The van der Waals surface area contributed by atoms with Crippen LogP contribution in [0.3, 0.4) is 0 Å². The van der Waals surface area contributed by atoms with E-state index in [0.717, 1.165) is 19.3 Å². The second kappa shape index (κ2) is 13.0. The quantitative estimate of drug-likeness (QED) is 0.532. The van der Waals surface area contributed by atoms with Crippen LogP contribution in [0, 0.1) is 0 Å². The Kier molecular flexibility index (Phi) is 12.7. The van der Waals surface area contributed by atoms with Crippen LogP contribution >= 0.6 is 0 Å². The van der Waals surface area contributed by atoms with Crippen molar-refractivity contribution in [1.29, 1.82) is 0 Å². The summed E-state index contributed by atoms with van der Waals surface area (Å²) in [6.07, 6.45) is 6.91. The Morgan fingerprint density at radius 3 is 2.43 bits per heavy atom. The molecule has 1 aromatic carbocycles. The number of hydrogen-bond acceptors (Lipinski definition) is 4. The van der Waals surface area contributed by atoms with E-state index in [-0.39, 0.29) is 74.4 Å². The van der Waals surface area contributed by atoms with Gasteiger partial charge < -0.3 is 9.84 Å². The van der Waals surface area contributed by atoms with Gasteiger partial charge in [-0.05, 0) is 24.6 Å². The normalized spacial score (nSPS) is 9.83. The Labute approximate surface area is 180 Å². The Balaban J connectivity index is 0.00000484. The molecular formula is C17H26KNO4. The topological polar surface area (TPSA) is 75.6 Å². The van der Waals surface area contributed by atoms with Gasteiger partial charge in [0.2, 0.25) is 5.91 Å². The summed E-state index contributed by atoms with van der Waals surface area (Å²) >= 11 is 0. The van der Waals surface area contributed by atoms with E-state index in [0.29, 0.717) is 6.42 Å². The van der Waals surface area contributed by atoms with E-state index in [1.807, 2.05) is 0 Å². The van der Waals surface area contributed by atoms with Crippen LogP contribution in [-0.4, -0.2) is 75.4 Å². The molecule has 0 aliphatic heterocycles. The fraction of sp³-hybridized carbons (Fsp3) is 0.529. The van der Waals surface area contributed by atoms with Gasteiger partial charge in [0.15, 0.2) is 11.5 Å². The molecule has 6 heteroatoms. The number of amides is 2. The van der Waals surface area contributed by atoms with Crippen molar-refractivity contribution in [2.45, 2.75) is 51.9 Å². The van der Waals surface area contributed by atoms with E-state index >= 15 is 0 Å². The van der Waals surface area contributed by atoms with Crippen LogP contribution in [0.4, 0.5) is 0 Å². The summed E-state index contributed by atoms with van der Waals surface area (Å²) in [7, 11) is 1.40. The molecule has 2 amide bonds. The van der Waals surface area contributed by atoms with Crippen molar-refractivity contribution < 1.29 is 19.4 Å². The van der Waals surface area contributed by atoms with Gasteiger partial charge in [-0.2, -0.15) is 0 Å². The number of benzene rings is 1. The molecule has 1 rings (SSSR count). The van der Waals surface area contributed by atoms with Crippen molar-refractivity contribution in [1.82, 2.24) is 5.32 Å². The first-order valence-electron chi connectivity index (χ1n) is 7.79. The third-order valence-electron chi connectivity index (χ3n) is 3.45. The first-order valence-corrected chi connectivity index (χ1v) is 7.79. The van der Waals surface area contributed by atoms with E-state index in [4.69, 9.17) is 4.74 Å². The molecule has 2 N–H and O–H groups in total. The Bertz CT molecular complexity index is 505. The summed E-state index contributed by atoms with van der Waals surface area (Å²) in [5.74, 6) is -0.588. The Morgan fingerprint density at radius 1 is 1.13 bits per heavy atom. The van der Waals surface area contributed by atoms with Crippen molar-refractivity contribution in [2.24, 2.45) is 0 Å². The van der Waals surface area contributed by atoms with Crippen LogP contribution < -0.4 is 10.1 Å². The van der Waals surface area contributed by atoms with Gasteiger partial charge in [0.05, 0.1) is 7.11 Å². The van der Waals surface area contributed by atoms with Crippen molar-refractivity contribution >= 4 is 63.2 Å². The van der Waals surface area contributed by atoms with E-state index < -0.39 is 5.91 Å². The van der Waals surface area contributed by atoms with Gasteiger partial charge in [-0.15, -0.1) is 0 Å². The maximum atomic E-state index is 11.9. The monoisotopic (exact) mass is 347 g/mol. The minimum absolute atomic E-state index is 0. The molecule has 0 saturated heterocycles. The van der Waals surface area contributed by atoms with Crippen molar-refractivity contribution in [3.63, 3.8) is 0 Å². The third-order valence-corrected chi connectivity index (χ3v) is 3.45. The number of ether oxygens (including phenoxy) is 1. The predicted octanol–water partition coefficient (Wildman–Crippen LogP) is 2.76. The van der Waals surface area contributed by atoms with Crippen LogP contribution in [-0.2, 0) is 4.79 Å². The predicted molar refractivity (Wildman–Crippen MR) is 92.3 cm³/mol. The zero-order valence-corrected chi connectivity index (χ0v) is 13.4. The van der Waals surface area contributed by atoms with E-state index in [9.17, 15) is 14.7 Å². The number of carbonyl (C=O) groups is 2. The number of rotatable bonds is 9. The summed E-state index contributed by atoms with van der Waals surface area (Å²) < 4.78 is 4.94. The van der Waals surface area contributed by atoms with Gasteiger partial charge >= 0.3 is 51.4 Å². The molecule has 1 aromatic rings. The van der Waals surface area contributed by atoms with Crippen LogP contribution in [0.25, 0.3) is 0 Å². The van der Waals surface area contributed by atoms with Gasteiger partial charge in [-0.1, -0.05) is 39.0 Å². The fourth-order valence-electron chi connectivity index (χ4n) is 2.15. The zero-order valence-electron chi connectivity index (χ0n) is 13.4. The molecule has 0 aliphatic carbocycles. The van der Waals surface area contributed by atoms with Gasteiger partial charge in [0, 0.05) is 12.0 Å². The van der Waals surface area contributed by atoms with Crippen molar-refractivity contribution in [3.8, 4) is 11.5 Å². The molecule has 0 unspecified atom stereocenters. The second-order valence-corrected chi connectivity index (χ2v) is 5.28. The summed E-state index contributed by atoms with van der Waals surface area (Å²) in [5.41, 5.74) is 0.283. The van der Waals surface area contributed by atoms with Gasteiger partial charge in [0.1, 0.15) is 0 Å². The molecule has 0 fully saturated rings. The van der Waals surface area contributed by atoms with Crippen molar-refractivity contribution in [2.75, 3.05) is 7.11 Å². The molecule has 0 aliphatic rings. The maximum absolute atomic E-state index is 11.9. The SMILES string of the molecule is CCCCCCCCC(=O)NC(=O)c1ccc(O)c(OC)c1.[KH]. The number of aromatic hydroxyl groups is 1. The molecule has 5 nitrogen and oxygen atoms in total. The van der Waals surface area contributed by atoms with Crippen LogP contribution in [0.5, 0.6) is 11.5 Å². The summed E-state index contributed by atoms with van der Waals surface area (Å²) in [6.45, 7) is 2.16. The standard InChI is InChI=1S/C17H25NO4.K.H/c1-3-4-5-6-7-8-9-16(20)18-17(21)13-10-11-14(19)15(12-13)22-2;;/h10-12,19H,3-9H2,1-2H3,(H,18,20,21);;. The average molecular weight is 347 g/mol. The molecule has 0 atom stereocenters. The molecule has 124 valence electrons. The third kappa shape index (κ3) is 8.86. The second-order valence-electron chi connectivity index (χ2n) is 5.28. The molecule has 0 bridgehead atoms. The number of phenols is 1. The number of unbranched alkanes of at least 4 members (excludes halogenated alkanes) is 5. The number of carbonyl (C=O) groups excluding carboxylic acids is 2. The summed E-state index contributed by atoms with van der Waals surface area (Å²) in [4.78, 5) is 23.7. The van der Waals surface area contributed by atoms with Gasteiger partial charge in [-0.3, -0.25) is 14.9 Å². The van der Waals surface area contributed by atoms with Crippen molar-refractivity contribution in [3.05, 3.63) is 23.8 Å². The zero-order chi connectivity index (χ0) is 16.4. The first kappa shape index (κ1) is 22.6.